The van der Waals surface area contributed by atoms with Crippen LogP contribution in [-0.2, 0) is 4.79 Å². The van der Waals surface area contributed by atoms with Gasteiger partial charge in [-0.25, -0.2) is 0 Å². The Bertz CT molecular complexity index is 635. The Kier molecular flexibility index (Phi) is 6.36. The first-order valence-corrected chi connectivity index (χ1v) is 7.82. The first kappa shape index (κ1) is 16.7. The average Bonchev–Trinajstić information content (AvgIpc) is 2.58. The number of hydrogen-bond acceptors (Lipinski definition) is 2. The topological polar surface area (TPSA) is 66.4 Å². The van der Waals surface area contributed by atoms with Crippen molar-refractivity contribution in [2.75, 3.05) is 6.54 Å². The first-order chi connectivity index (χ1) is 11.2. The van der Waals surface area contributed by atoms with Crippen molar-refractivity contribution in [3.63, 3.8) is 0 Å². The third-order valence-corrected chi connectivity index (χ3v) is 3.61. The molecular formula is C19H21NO3. The number of carboxylic acid groups (broad SMARTS) is 1. The predicted molar refractivity (Wildman–Crippen MR) is 90.3 cm³/mol. The van der Waals surface area contributed by atoms with Gasteiger partial charge >= 0.3 is 5.97 Å². The molecule has 0 spiro atoms. The van der Waals surface area contributed by atoms with Gasteiger partial charge in [-0.3, -0.25) is 9.59 Å². The van der Waals surface area contributed by atoms with Crippen molar-refractivity contribution >= 4 is 11.9 Å². The minimum absolute atomic E-state index is 0.0946. The Balaban J connectivity index is 1.78. The van der Waals surface area contributed by atoms with E-state index in [0.717, 1.165) is 24.0 Å². The second kappa shape index (κ2) is 8.73. The maximum atomic E-state index is 12.0. The Labute approximate surface area is 136 Å². The number of aliphatic carboxylic acids is 1. The van der Waals surface area contributed by atoms with Crippen molar-refractivity contribution in [2.45, 2.75) is 25.7 Å². The average molecular weight is 311 g/mol. The highest BCUT2D eigenvalue weighted by atomic mass is 16.4. The number of carbonyl (C=O) groups excluding carboxylic acids is 1. The lowest BCUT2D eigenvalue weighted by atomic mass is 10.0. The number of hydrogen-bond donors (Lipinski definition) is 2. The minimum atomic E-state index is -0.771. The summed E-state index contributed by atoms with van der Waals surface area (Å²) in [4.78, 5) is 22.4. The zero-order chi connectivity index (χ0) is 16.5. The van der Waals surface area contributed by atoms with Gasteiger partial charge in [-0.05, 0) is 36.1 Å². The molecule has 2 rings (SSSR count). The van der Waals surface area contributed by atoms with E-state index < -0.39 is 5.97 Å². The van der Waals surface area contributed by atoms with Crippen LogP contribution in [0.2, 0.25) is 0 Å². The van der Waals surface area contributed by atoms with E-state index in [2.05, 4.69) is 5.32 Å². The Hall–Kier alpha value is -2.62. The van der Waals surface area contributed by atoms with Crippen LogP contribution in [0.1, 0.15) is 36.0 Å². The van der Waals surface area contributed by atoms with Crippen LogP contribution in [0, 0.1) is 0 Å². The zero-order valence-electron chi connectivity index (χ0n) is 13.0. The number of amides is 1. The van der Waals surface area contributed by atoms with E-state index in [-0.39, 0.29) is 12.3 Å². The van der Waals surface area contributed by atoms with Crippen molar-refractivity contribution in [1.29, 1.82) is 0 Å². The van der Waals surface area contributed by atoms with E-state index in [9.17, 15) is 9.59 Å². The number of carbonyl (C=O) groups is 2. The minimum Gasteiger partial charge on any atom is -0.481 e. The van der Waals surface area contributed by atoms with Crippen molar-refractivity contribution in [1.82, 2.24) is 5.32 Å². The third-order valence-electron chi connectivity index (χ3n) is 3.61. The molecule has 2 aromatic carbocycles. The molecule has 0 saturated heterocycles. The fourth-order valence-corrected chi connectivity index (χ4v) is 2.33. The van der Waals surface area contributed by atoms with E-state index in [1.807, 2.05) is 54.6 Å². The fourth-order valence-electron chi connectivity index (χ4n) is 2.33. The molecule has 1 amide bonds. The number of rotatable bonds is 8. The van der Waals surface area contributed by atoms with Gasteiger partial charge in [0.15, 0.2) is 0 Å². The highest BCUT2D eigenvalue weighted by Crippen LogP contribution is 2.19. The molecule has 0 aromatic heterocycles. The summed E-state index contributed by atoms with van der Waals surface area (Å²) in [5.74, 6) is -0.865. The van der Waals surface area contributed by atoms with E-state index in [1.165, 1.54) is 0 Å². The highest BCUT2D eigenvalue weighted by molar-refractivity contribution is 5.94. The Morgan fingerprint density at radius 2 is 1.48 bits per heavy atom. The Morgan fingerprint density at radius 3 is 2.13 bits per heavy atom. The summed E-state index contributed by atoms with van der Waals surface area (Å²) in [5, 5.41) is 11.4. The molecule has 0 heterocycles. The van der Waals surface area contributed by atoms with Crippen LogP contribution < -0.4 is 5.32 Å². The molecule has 0 bridgehead atoms. The summed E-state index contributed by atoms with van der Waals surface area (Å²) in [6.45, 7) is 0.568. The van der Waals surface area contributed by atoms with Gasteiger partial charge in [0.1, 0.15) is 0 Å². The summed E-state index contributed by atoms with van der Waals surface area (Å²) in [5.41, 5.74) is 2.84. The largest absolute Gasteiger partial charge is 0.481 e. The monoisotopic (exact) mass is 311 g/mol. The Morgan fingerprint density at radius 1 is 0.826 bits per heavy atom. The smallest absolute Gasteiger partial charge is 0.303 e. The van der Waals surface area contributed by atoms with Crippen molar-refractivity contribution in [3.05, 3.63) is 60.2 Å². The lowest BCUT2D eigenvalue weighted by molar-refractivity contribution is -0.137. The van der Waals surface area contributed by atoms with Gasteiger partial charge in [-0.15, -0.1) is 0 Å². The number of nitrogens with one attached hydrogen (secondary N) is 1. The van der Waals surface area contributed by atoms with Gasteiger partial charge in [0.25, 0.3) is 5.91 Å². The first-order valence-electron chi connectivity index (χ1n) is 7.82. The second-order valence-electron chi connectivity index (χ2n) is 5.40. The van der Waals surface area contributed by atoms with Crippen LogP contribution in [0.3, 0.4) is 0 Å². The molecular weight excluding hydrogens is 290 g/mol. The van der Waals surface area contributed by atoms with Gasteiger partial charge in [0.05, 0.1) is 0 Å². The van der Waals surface area contributed by atoms with Crippen LogP contribution in [0.5, 0.6) is 0 Å². The van der Waals surface area contributed by atoms with Crippen LogP contribution in [-0.4, -0.2) is 23.5 Å². The molecule has 4 nitrogen and oxygen atoms in total. The molecule has 0 aliphatic rings. The van der Waals surface area contributed by atoms with E-state index in [4.69, 9.17) is 5.11 Å². The number of unbranched alkanes of at least 4 members (excludes halogenated alkanes) is 2. The molecule has 4 heteroatoms. The molecule has 23 heavy (non-hydrogen) atoms. The summed E-state index contributed by atoms with van der Waals surface area (Å²) in [6.07, 6.45) is 2.44. The van der Waals surface area contributed by atoms with Gasteiger partial charge in [-0.2, -0.15) is 0 Å². The lowest BCUT2D eigenvalue weighted by Gasteiger charge is -2.06. The lowest BCUT2D eigenvalue weighted by Crippen LogP contribution is -2.24. The third kappa shape index (κ3) is 5.58. The molecule has 0 fully saturated rings. The van der Waals surface area contributed by atoms with E-state index >= 15 is 0 Å². The number of benzene rings is 2. The fraction of sp³-hybridized carbons (Fsp3) is 0.263. The standard InChI is InChI=1S/C19H21NO3/c21-18(22)9-5-2-6-14-20-19(23)17-12-10-16(11-13-17)15-7-3-1-4-8-15/h1,3-4,7-8,10-13H,2,5-6,9,14H2,(H,20,23)(H,21,22). The van der Waals surface area contributed by atoms with E-state index in [0.29, 0.717) is 18.5 Å². The quantitative estimate of drug-likeness (QED) is 0.730. The molecule has 0 aliphatic carbocycles. The van der Waals surface area contributed by atoms with Gasteiger partial charge < -0.3 is 10.4 Å². The van der Waals surface area contributed by atoms with Crippen LogP contribution >= 0.6 is 0 Å². The highest BCUT2D eigenvalue weighted by Gasteiger charge is 2.05. The molecule has 2 N–H and O–H groups in total. The summed E-state index contributed by atoms with van der Waals surface area (Å²) >= 11 is 0. The van der Waals surface area contributed by atoms with Crippen LogP contribution in [0.15, 0.2) is 54.6 Å². The van der Waals surface area contributed by atoms with Crippen molar-refractivity contribution in [2.24, 2.45) is 0 Å². The van der Waals surface area contributed by atoms with E-state index in [1.54, 1.807) is 0 Å². The molecule has 0 unspecified atom stereocenters. The van der Waals surface area contributed by atoms with Crippen molar-refractivity contribution < 1.29 is 14.7 Å². The SMILES string of the molecule is O=C(O)CCCCCNC(=O)c1ccc(-c2ccccc2)cc1. The molecule has 2 aromatic rings. The maximum Gasteiger partial charge on any atom is 0.303 e. The number of carboxylic acids is 1. The molecule has 0 aliphatic heterocycles. The summed E-state index contributed by atoms with van der Waals surface area (Å²) < 4.78 is 0. The molecule has 0 atom stereocenters. The summed E-state index contributed by atoms with van der Waals surface area (Å²) in [6, 6.07) is 17.5. The molecule has 0 saturated carbocycles. The predicted octanol–water partition coefficient (Wildman–Crippen LogP) is 3.73. The van der Waals surface area contributed by atoms with Crippen LogP contribution in [0.25, 0.3) is 11.1 Å². The van der Waals surface area contributed by atoms with Gasteiger partial charge in [-0.1, -0.05) is 48.9 Å². The maximum absolute atomic E-state index is 12.0. The molecule has 0 radical (unpaired) electrons. The molecule has 120 valence electrons. The second-order valence-corrected chi connectivity index (χ2v) is 5.40. The van der Waals surface area contributed by atoms with Crippen molar-refractivity contribution in [3.8, 4) is 11.1 Å². The normalized spacial score (nSPS) is 10.3. The zero-order valence-corrected chi connectivity index (χ0v) is 13.0. The van der Waals surface area contributed by atoms with Gasteiger partial charge in [0.2, 0.25) is 0 Å². The van der Waals surface area contributed by atoms with Gasteiger partial charge in [0, 0.05) is 18.5 Å². The summed E-state index contributed by atoms with van der Waals surface area (Å²) in [7, 11) is 0. The van der Waals surface area contributed by atoms with Crippen LogP contribution in [0.4, 0.5) is 0 Å².